The van der Waals surface area contributed by atoms with Gasteiger partial charge in [-0.3, -0.25) is 4.98 Å². The van der Waals surface area contributed by atoms with Crippen molar-refractivity contribution < 1.29 is 5.11 Å². The largest absolute Gasteiger partial charge is 0.393 e. The van der Waals surface area contributed by atoms with Crippen molar-refractivity contribution >= 4 is 10.9 Å². The summed E-state index contributed by atoms with van der Waals surface area (Å²) in [5, 5.41) is 10.8. The summed E-state index contributed by atoms with van der Waals surface area (Å²) in [4.78, 5) is 7.39. The molecule has 86 valence electrons. The van der Waals surface area contributed by atoms with Crippen molar-refractivity contribution in [3.63, 3.8) is 0 Å². The molecule has 0 aliphatic carbocycles. The number of hydrogen-bond acceptors (Lipinski definition) is 2. The van der Waals surface area contributed by atoms with Gasteiger partial charge in [0.05, 0.1) is 17.8 Å². The highest BCUT2D eigenvalue weighted by Crippen LogP contribution is 2.15. The number of fused-ring (bicyclic) bond motifs is 1. The molecule has 0 aliphatic rings. The van der Waals surface area contributed by atoms with Gasteiger partial charge in [-0.15, -0.1) is 0 Å². The molecule has 0 fully saturated rings. The van der Waals surface area contributed by atoms with Crippen molar-refractivity contribution in [3.8, 4) is 0 Å². The van der Waals surface area contributed by atoms with E-state index in [2.05, 4.69) is 23.0 Å². The Morgan fingerprint density at radius 2 is 2.31 bits per heavy atom. The van der Waals surface area contributed by atoms with Crippen LogP contribution in [0, 0.1) is 0 Å². The van der Waals surface area contributed by atoms with E-state index < -0.39 is 0 Å². The highest BCUT2D eigenvalue weighted by Gasteiger charge is 2.05. The quantitative estimate of drug-likeness (QED) is 0.810. The SMILES string of the molecule is CCCC(O)CCc1cc2ccncc2[nH]1. The molecule has 16 heavy (non-hydrogen) atoms. The number of aliphatic hydroxyl groups is 1. The van der Waals surface area contributed by atoms with Crippen LogP contribution in [0.25, 0.3) is 10.9 Å². The monoisotopic (exact) mass is 218 g/mol. The molecule has 0 saturated carbocycles. The Kier molecular flexibility index (Phi) is 3.57. The second kappa shape index (κ2) is 5.12. The van der Waals surface area contributed by atoms with E-state index in [9.17, 15) is 5.11 Å². The van der Waals surface area contributed by atoms with Gasteiger partial charge in [-0.2, -0.15) is 0 Å². The Morgan fingerprint density at radius 1 is 1.44 bits per heavy atom. The van der Waals surface area contributed by atoms with Crippen molar-refractivity contribution in [1.29, 1.82) is 0 Å². The minimum Gasteiger partial charge on any atom is -0.393 e. The van der Waals surface area contributed by atoms with Crippen LogP contribution in [0.1, 0.15) is 31.9 Å². The van der Waals surface area contributed by atoms with E-state index in [0.29, 0.717) is 0 Å². The number of aromatic amines is 1. The van der Waals surface area contributed by atoms with Crippen molar-refractivity contribution in [2.45, 2.75) is 38.7 Å². The minimum absolute atomic E-state index is 0.172. The zero-order valence-corrected chi connectivity index (χ0v) is 9.61. The molecule has 0 amide bonds. The van der Waals surface area contributed by atoms with Gasteiger partial charge >= 0.3 is 0 Å². The Labute approximate surface area is 95.5 Å². The van der Waals surface area contributed by atoms with Crippen LogP contribution in [0.15, 0.2) is 24.5 Å². The van der Waals surface area contributed by atoms with E-state index in [1.807, 2.05) is 12.3 Å². The summed E-state index contributed by atoms with van der Waals surface area (Å²) in [6, 6.07) is 4.13. The lowest BCUT2D eigenvalue weighted by molar-refractivity contribution is 0.153. The lowest BCUT2D eigenvalue weighted by Gasteiger charge is -2.07. The third-order valence-corrected chi connectivity index (χ3v) is 2.85. The maximum Gasteiger partial charge on any atom is 0.0642 e. The number of aliphatic hydroxyl groups excluding tert-OH is 1. The van der Waals surface area contributed by atoms with Crippen molar-refractivity contribution in [2.75, 3.05) is 0 Å². The van der Waals surface area contributed by atoms with Gasteiger partial charge in [0.15, 0.2) is 0 Å². The van der Waals surface area contributed by atoms with Crippen molar-refractivity contribution in [3.05, 3.63) is 30.2 Å². The molecule has 0 saturated heterocycles. The lowest BCUT2D eigenvalue weighted by Crippen LogP contribution is -2.07. The maximum absolute atomic E-state index is 9.66. The smallest absolute Gasteiger partial charge is 0.0642 e. The Balaban J connectivity index is 1.99. The van der Waals surface area contributed by atoms with E-state index in [1.54, 1.807) is 6.20 Å². The van der Waals surface area contributed by atoms with Crippen LogP contribution in [0.5, 0.6) is 0 Å². The summed E-state index contributed by atoms with van der Waals surface area (Å²) >= 11 is 0. The minimum atomic E-state index is -0.172. The second-order valence-corrected chi connectivity index (χ2v) is 4.24. The number of rotatable bonds is 5. The van der Waals surface area contributed by atoms with Crippen LogP contribution in [0.2, 0.25) is 0 Å². The molecular weight excluding hydrogens is 200 g/mol. The summed E-state index contributed by atoms with van der Waals surface area (Å²) in [5.41, 5.74) is 2.25. The molecule has 2 heterocycles. The van der Waals surface area contributed by atoms with Gasteiger partial charge in [0.25, 0.3) is 0 Å². The van der Waals surface area contributed by atoms with Gasteiger partial charge in [0.2, 0.25) is 0 Å². The Hall–Kier alpha value is -1.35. The molecule has 2 N–H and O–H groups in total. The van der Waals surface area contributed by atoms with Gasteiger partial charge in [-0.25, -0.2) is 0 Å². The van der Waals surface area contributed by atoms with Gasteiger partial charge in [-0.1, -0.05) is 13.3 Å². The predicted octanol–water partition coefficient (Wildman–Crippen LogP) is 2.66. The van der Waals surface area contributed by atoms with Crippen LogP contribution >= 0.6 is 0 Å². The van der Waals surface area contributed by atoms with Crippen molar-refractivity contribution in [1.82, 2.24) is 9.97 Å². The van der Waals surface area contributed by atoms with E-state index in [-0.39, 0.29) is 6.10 Å². The van der Waals surface area contributed by atoms with Crippen LogP contribution in [-0.2, 0) is 6.42 Å². The second-order valence-electron chi connectivity index (χ2n) is 4.24. The number of H-pyrrole nitrogens is 1. The third kappa shape index (κ3) is 2.61. The molecule has 2 rings (SSSR count). The summed E-state index contributed by atoms with van der Waals surface area (Å²) in [7, 11) is 0. The molecule has 2 aromatic rings. The molecule has 0 aliphatic heterocycles. The molecule has 1 atom stereocenters. The maximum atomic E-state index is 9.66. The predicted molar refractivity (Wildman–Crippen MR) is 65.3 cm³/mol. The molecule has 0 radical (unpaired) electrons. The third-order valence-electron chi connectivity index (χ3n) is 2.85. The van der Waals surface area contributed by atoms with Crippen LogP contribution in [0.4, 0.5) is 0 Å². The molecular formula is C13H18N2O. The first-order chi connectivity index (χ1) is 7.79. The fraction of sp³-hybridized carbons (Fsp3) is 0.462. The topological polar surface area (TPSA) is 48.9 Å². The van der Waals surface area contributed by atoms with Crippen LogP contribution in [-0.4, -0.2) is 21.2 Å². The summed E-state index contributed by atoms with van der Waals surface area (Å²) in [6.07, 6.45) is 7.12. The number of aryl methyl sites for hydroxylation is 1. The average Bonchev–Trinajstić information content (AvgIpc) is 2.69. The zero-order chi connectivity index (χ0) is 11.4. The number of nitrogens with zero attached hydrogens (tertiary/aromatic N) is 1. The fourth-order valence-corrected chi connectivity index (χ4v) is 1.97. The molecule has 0 spiro atoms. The molecule has 2 aromatic heterocycles. The number of aromatic nitrogens is 2. The van der Waals surface area contributed by atoms with Gasteiger partial charge in [0, 0.05) is 17.3 Å². The van der Waals surface area contributed by atoms with Crippen LogP contribution < -0.4 is 0 Å². The van der Waals surface area contributed by atoms with Gasteiger partial charge < -0.3 is 10.1 Å². The Morgan fingerprint density at radius 3 is 3.06 bits per heavy atom. The average molecular weight is 218 g/mol. The number of hydrogen-bond donors (Lipinski definition) is 2. The van der Waals surface area contributed by atoms with Crippen LogP contribution in [0.3, 0.4) is 0 Å². The van der Waals surface area contributed by atoms with E-state index in [0.717, 1.165) is 31.2 Å². The van der Waals surface area contributed by atoms with Crippen molar-refractivity contribution in [2.24, 2.45) is 0 Å². The highest BCUT2D eigenvalue weighted by molar-refractivity contribution is 5.79. The standard InChI is InChI=1S/C13H18N2O/c1-2-3-12(16)5-4-11-8-10-6-7-14-9-13(10)15-11/h6-9,12,15-16H,2-5H2,1H3. The highest BCUT2D eigenvalue weighted by atomic mass is 16.3. The number of pyridine rings is 1. The van der Waals surface area contributed by atoms with Gasteiger partial charge in [-0.05, 0) is 31.4 Å². The van der Waals surface area contributed by atoms with E-state index in [1.165, 1.54) is 11.1 Å². The number of nitrogens with one attached hydrogen (secondary N) is 1. The first-order valence-electron chi connectivity index (χ1n) is 5.89. The molecule has 3 nitrogen and oxygen atoms in total. The molecule has 0 bridgehead atoms. The zero-order valence-electron chi connectivity index (χ0n) is 9.61. The molecule has 0 aromatic carbocycles. The van der Waals surface area contributed by atoms with E-state index >= 15 is 0 Å². The first kappa shape index (κ1) is 11.1. The summed E-state index contributed by atoms with van der Waals surface area (Å²) in [5.74, 6) is 0. The first-order valence-corrected chi connectivity index (χ1v) is 5.89. The summed E-state index contributed by atoms with van der Waals surface area (Å²) in [6.45, 7) is 2.10. The fourth-order valence-electron chi connectivity index (χ4n) is 1.97. The van der Waals surface area contributed by atoms with E-state index in [4.69, 9.17) is 0 Å². The lowest BCUT2D eigenvalue weighted by atomic mass is 10.1. The molecule has 3 heteroatoms. The summed E-state index contributed by atoms with van der Waals surface area (Å²) < 4.78 is 0. The Bertz CT molecular complexity index is 417. The molecule has 1 unspecified atom stereocenters. The van der Waals surface area contributed by atoms with Gasteiger partial charge in [0.1, 0.15) is 0 Å². The normalized spacial score (nSPS) is 13.1.